The zero-order valence-electron chi connectivity index (χ0n) is 11.6. The Morgan fingerprint density at radius 1 is 1.24 bits per heavy atom. The van der Waals surface area contributed by atoms with Crippen LogP contribution in [-0.4, -0.2) is 38.4 Å². The van der Waals surface area contributed by atoms with Gasteiger partial charge in [0.25, 0.3) is 0 Å². The van der Waals surface area contributed by atoms with Crippen LogP contribution in [0.2, 0.25) is 0 Å². The topological polar surface area (TPSA) is 62.1 Å². The molecule has 1 aliphatic heterocycles. The summed E-state index contributed by atoms with van der Waals surface area (Å²) < 4.78 is 14.7. The van der Waals surface area contributed by atoms with E-state index in [0.717, 1.165) is 0 Å². The van der Waals surface area contributed by atoms with Crippen LogP contribution in [0.4, 0.5) is 0 Å². The molecular weight excluding hydrogens is 234 g/mol. The summed E-state index contributed by atoms with van der Waals surface area (Å²) in [5, 5.41) is 9.26. The Hall–Kier alpha value is -0.280. The molecule has 0 saturated carbocycles. The lowest BCUT2D eigenvalue weighted by molar-refractivity contribution is 0.0126. The molecular formula is C12H23N3OS. The molecule has 1 saturated heterocycles. The molecule has 5 heteroatoms. The minimum absolute atomic E-state index is 0.0608. The Morgan fingerprint density at radius 2 is 1.71 bits per heavy atom. The van der Waals surface area contributed by atoms with Crippen LogP contribution in [0.15, 0.2) is 0 Å². The number of hydrogen-bond donors (Lipinski definition) is 1. The highest BCUT2D eigenvalue weighted by molar-refractivity contribution is 7.90. The first kappa shape index (κ1) is 14.8. The first-order chi connectivity index (χ1) is 7.50. The van der Waals surface area contributed by atoms with Gasteiger partial charge in [-0.25, -0.2) is 0 Å². The Labute approximate surface area is 108 Å². The normalized spacial score (nSPS) is 22.7. The predicted octanol–water partition coefficient (Wildman–Crippen LogP) is 1.41. The van der Waals surface area contributed by atoms with E-state index in [1.165, 1.54) is 0 Å². The Kier molecular flexibility index (Phi) is 3.85. The molecule has 1 rings (SSSR count). The quantitative estimate of drug-likeness (QED) is 0.760. The number of nitriles is 1. The first-order valence-corrected chi connectivity index (χ1v) is 7.01. The molecule has 0 aromatic carbocycles. The lowest BCUT2D eigenvalue weighted by Gasteiger charge is -2.52. The number of rotatable bonds is 2. The molecule has 0 aromatic heterocycles. The number of likely N-dealkylation sites (tertiary alicyclic amines) is 1. The number of nitrogens with one attached hydrogen (secondary N) is 1. The van der Waals surface area contributed by atoms with Gasteiger partial charge < -0.3 is 4.55 Å². The fourth-order valence-corrected chi connectivity index (χ4v) is 2.40. The summed E-state index contributed by atoms with van der Waals surface area (Å²) >= 11 is -1.20. The predicted molar refractivity (Wildman–Crippen MR) is 70.7 cm³/mol. The largest absolute Gasteiger partial charge is 0.598 e. The summed E-state index contributed by atoms with van der Waals surface area (Å²) in [4.78, 5) is 2.21. The van der Waals surface area contributed by atoms with Crippen LogP contribution in [0.25, 0.3) is 0 Å². The summed E-state index contributed by atoms with van der Waals surface area (Å²) in [6.07, 6.45) is 0. The van der Waals surface area contributed by atoms with Crippen molar-refractivity contribution >= 4 is 11.4 Å². The molecule has 0 spiro atoms. The molecule has 1 N–H and O–H groups in total. The molecule has 1 fully saturated rings. The third-order valence-corrected chi connectivity index (χ3v) is 4.62. The van der Waals surface area contributed by atoms with Gasteiger partial charge in [0.2, 0.25) is 0 Å². The fraction of sp³-hybridized carbons (Fsp3) is 0.917. The highest BCUT2D eigenvalue weighted by Crippen LogP contribution is 2.30. The van der Waals surface area contributed by atoms with E-state index in [9.17, 15) is 9.81 Å². The van der Waals surface area contributed by atoms with Crippen molar-refractivity contribution in [2.45, 2.75) is 57.4 Å². The molecule has 0 bridgehead atoms. The highest BCUT2D eigenvalue weighted by Gasteiger charge is 2.51. The van der Waals surface area contributed by atoms with Gasteiger partial charge in [-0.2, -0.15) is 5.26 Å². The van der Waals surface area contributed by atoms with E-state index in [1.54, 1.807) is 0 Å². The van der Waals surface area contributed by atoms with E-state index in [0.29, 0.717) is 13.1 Å². The maximum atomic E-state index is 12.0. The Balaban J connectivity index is 2.63. The summed E-state index contributed by atoms with van der Waals surface area (Å²) in [5.74, 6) is 0. The van der Waals surface area contributed by atoms with Crippen LogP contribution in [0.1, 0.15) is 41.5 Å². The van der Waals surface area contributed by atoms with Crippen LogP contribution in [0.3, 0.4) is 0 Å². The zero-order valence-corrected chi connectivity index (χ0v) is 12.4. The van der Waals surface area contributed by atoms with Crippen LogP contribution < -0.4 is 4.72 Å². The molecule has 0 aromatic rings. The van der Waals surface area contributed by atoms with Gasteiger partial charge >= 0.3 is 0 Å². The minimum atomic E-state index is -1.20. The smallest absolute Gasteiger partial charge is 0.174 e. The maximum absolute atomic E-state index is 12.0. The van der Waals surface area contributed by atoms with Crippen molar-refractivity contribution in [2.75, 3.05) is 13.1 Å². The third kappa shape index (κ3) is 3.35. The van der Waals surface area contributed by atoms with E-state index in [-0.39, 0.29) is 10.3 Å². The van der Waals surface area contributed by atoms with E-state index >= 15 is 0 Å². The Bertz CT molecular complexity index is 318. The van der Waals surface area contributed by atoms with Crippen molar-refractivity contribution in [3.8, 4) is 6.07 Å². The van der Waals surface area contributed by atoms with E-state index in [2.05, 4.69) is 36.5 Å². The van der Waals surface area contributed by atoms with Gasteiger partial charge in [0, 0.05) is 30.0 Å². The van der Waals surface area contributed by atoms with Gasteiger partial charge in [-0.15, -0.1) is 4.72 Å². The van der Waals surface area contributed by atoms with Gasteiger partial charge in [0.05, 0.1) is 6.07 Å². The second kappa shape index (κ2) is 4.43. The molecule has 98 valence electrons. The van der Waals surface area contributed by atoms with Crippen molar-refractivity contribution in [3.05, 3.63) is 0 Å². The van der Waals surface area contributed by atoms with E-state index < -0.39 is 16.9 Å². The second-order valence-corrected chi connectivity index (χ2v) is 8.67. The van der Waals surface area contributed by atoms with Crippen LogP contribution in [0.5, 0.6) is 0 Å². The van der Waals surface area contributed by atoms with Crippen molar-refractivity contribution in [2.24, 2.45) is 0 Å². The van der Waals surface area contributed by atoms with Crippen molar-refractivity contribution in [3.63, 3.8) is 0 Å². The molecule has 0 aliphatic carbocycles. The monoisotopic (exact) mass is 257 g/mol. The lowest BCUT2D eigenvalue weighted by atomic mass is 9.87. The van der Waals surface area contributed by atoms with Gasteiger partial charge in [-0.3, -0.25) is 4.90 Å². The SMILES string of the molecule is CC(C)(C)N1CC(C#N)(N[S+]([O-])C(C)(C)C)C1. The standard InChI is InChI=1S/C12H23N3OS/c1-10(2,3)15-8-12(7-13,9-15)14-17(16)11(4,5)6/h14H,8-9H2,1-6H3. The van der Waals surface area contributed by atoms with Gasteiger partial charge in [0.1, 0.15) is 4.75 Å². The summed E-state index contributed by atoms with van der Waals surface area (Å²) in [6.45, 7) is 13.3. The number of hydrogen-bond acceptors (Lipinski definition) is 4. The fourth-order valence-electron chi connectivity index (χ4n) is 1.57. The lowest BCUT2D eigenvalue weighted by Crippen LogP contribution is -2.73. The van der Waals surface area contributed by atoms with E-state index in [1.807, 2.05) is 20.8 Å². The molecule has 0 amide bonds. The van der Waals surface area contributed by atoms with Crippen molar-refractivity contribution < 1.29 is 4.55 Å². The van der Waals surface area contributed by atoms with Gasteiger partial charge in [-0.1, -0.05) is 0 Å². The molecule has 4 nitrogen and oxygen atoms in total. The Morgan fingerprint density at radius 3 is 2.00 bits per heavy atom. The summed E-state index contributed by atoms with van der Waals surface area (Å²) in [5.41, 5.74) is -0.587. The molecule has 17 heavy (non-hydrogen) atoms. The molecule has 1 atom stereocenters. The summed E-state index contributed by atoms with van der Waals surface area (Å²) in [6, 6.07) is 2.27. The number of nitrogens with zero attached hydrogens (tertiary/aromatic N) is 2. The molecule has 1 unspecified atom stereocenters. The minimum Gasteiger partial charge on any atom is -0.598 e. The highest BCUT2D eigenvalue weighted by atomic mass is 32.2. The first-order valence-electron chi connectivity index (χ1n) is 5.86. The molecule has 1 aliphatic rings. The van der Waals surface area contributed by atoms with E-state index in [4.69, 9.17) is 0 Å². The van der Waals surface area contributed by atoms with Crippen LogP contribution >= 0.6 is 0 Å². The van der Waals surface area contributed by atoms with Gasteiger partial charge in [0.15, 0.2) is 5.54 Å². The average Bonchev–Trinajstić information content (AvgIpc) is 2.06. The summed E-state index contributed by atoms with van der Waals surface area (Å²) in [7, 11) is 0. The maximum Gasteiger partial charge on any atom is 0.174 e. The van der Waals surface area contributed by atoms with Crippen molar-refractivity contribution in [1.82, 2.24) is 9.62 Å². The molecule has 1 heterocycles. The zero-order chi connectivity index (χ0) is 13.5. The van der Waals surface area contributed by atoms with Crippen LogP contribution in [0, 0.1) is 11.3 Å². The van der Waals surface area contributed by atoms with Crippen molar-refractivity contribution in [1.29, 1.82) is 5.26 Å². The second-order valence-electron chi connectivity index (χ2n) is 6.70. The van der Waals surface area contributed by atoms with Crippen LogP contribution in [-0.2, 0) is 11.4 Å². The average molecular weight is 257 g/mol. The van der Waals surface area contributed by atoms with Gasteiger partial charge in [-0.05, 0) is 41.5 Å². The third-order valence-electron chi connectivity index (χ3n) is 2.93. The molecule has 0 radical (unpaired) electrons.